The molecule has 0 bridgehead atoms. The first kappa shape index (κ1) is 43.5. The van der Waals surface area contributed by atoms with E-state index in [1.807, 2.05) is 0 Å². The van der Waals surface area contributed by atoms with Crippen molar-refractivity contribution in [2.75, 3.05) is 13.2 Å². The van der Waals surface area contributed by atoms with Crippen LogP contribution in [0.15, 0.2) is 24.3 Å². The lowest BCUT2D eigenvalue weighted by molar-refractivity contribution is -0.161. The Labute approximate surface area is 275 Å². The maximum atomic E-state index is 12.3. The van der Waals surface area contributed by atoms with Crippen LogP contribution in [0.3, 0.4) is 0 Å². The molecule has 0 rings (SSSR count). The highest BCUT2D eigenvalue weighted by Gasteiger charge is 2.22. The first-order valence-corrected chi connectivity index (χ1v) is 19.7. The molecule has 0 spiro atoms. The summed E-state index contributed by atoms with van der Waals surface area (Å²) in [4.78, 5) is 42.6. The second kappa shape index (κ2) is 32.5. The molecular weight excluding hydrogens is 591 g/mol. The molecule has 0 saturated carbocycles. The average Bonchev–Trinajstić information content (AvgIpc) is 3.00. The fourth-order valence-electron chi connectivity index (χ4n) is 4.94. The van der Waals surface area contributed by atoms with Gasteiger partial charge in [0.2, 0.25) is 0 Å². The van der Waals surface area contributed by atoms with E-state index >= 15 is 0 Å². The largest absolute Gasteiger partial charge is 0.469 e. The molecule has 0 fully saturated rings. The van der Waals surface area contributed by atoms with Crippen molar-refractivity contribution in [3.8, 4) is 0 Å². The predicted molar refractivity (Wildman–Crippen MR) is 184 cm³/mol. The van der Waals surface area contributed by atoms with Gasteiger partial charge in [0.15, 0.2) is 6.10 Å². The van der Waals surface area contributed by atoms with Crippen LogP contribution in [0.2, 0.25) is 0 Å². The van der Waals surface area contributed by atoms with E-state index in [1.165, 1.54) is 64.2 Å². The van der Waals surface area contributed by atoms with Crippen LogP contribution in [0.25, 0.3) is 0 Å². The molecule has 0 radical (unpaired) electrons. The summed E-state index contributed by atoms with van der Waals surface area (Å²) < 4.78 is 26.2. The minimum Gasteiger partial charge on any atom is -0.462 e. The highest BCUT2D eigenvalue weighted by Crippen LogP contribution is 2.36. The summed E-state index contributed by atoms with van der Waals surface area (Å²) in [5, 5.41) is 0. The number of rotatable bonds is 33. The van der Waals surface area contributed by atoms with Gasteiger partial charge in [0.25, 0.3) is 0 Å². The zero-order valence-electron chi connectivity index (χ0n) is 28.8. The van der Waals surface area contributed by atoms with Crippen molar-refractivity contribution in [1.82, 2.24) is 0 Å². The Kier molecular flexibility index (Phi) is 31.4. The number of phosphoric ester groups is 1. The lowest BCUT2D eigenvalue weighted by atomic mass is 10.1. The van der Waals surface area contributed by atoms with E-state index in [1.54, 1.807) is 0 Å². The number of carbonyl (C=O) groups excluding carboxylic acids is 2. The quantitative estimate of drug-likeness (QED) is 0.0309. The topological polar surface area (TPSA) is 119 Å². The van der Waals surface area contributed by atoms with Crippen molar-refractivity contribution in [2.45, 2.75) is 180 Å². The Morgan fingerprint density at radius 1 is 0.556 bits per heavy atom. The van der Waals surface area contributed by atoms with E-state index < -0.39 is 32.5 Å². The van der Waals surface area contributed by atoms with Gasteiger partial charge in [-0.3, -0.25) is 14.1 Å². The molecule has 2 N–H and O–H groups in total. The molecule has 45 heavy (non-hydrogen) atoms. The minimum absolute atomic E-state index is 0.202. The lowest BCUT2D eigenvalue weighted by Crippen LogP contribution is -2.29. The summed E-state index contributed by atoms with van der Waals surface area (Å²) in [7, 11) is -4.75. The molecular formula is C36H67O8P. The second-order valence-electron chi connectivity index (χ2n) is 12.2. The molecule has 1 atom stereocenters. The minimum atomic E-state index is -4.75. The van der Waals surface area contributed by atoms with Crippen molar-refractivity contribution >= 4 is 19.8 Å². The maximum Gasteiger partial charge on any atom is 0.469 e. The second-order valence-corrected chi connectivity index (χ2v) is 13.4. The van der Waals surface area contributed by atoms with Crippen molar-refractivity contribution < 1.29 is 37.9 Å². The number of unbranched alkanes of at least 4 members (excludes halogenated alkanes) is 19. The van der Waals surface area contributed by atoms with Crippen LogP contribution < -0.4 is 0 Å². The zero-order valence-corrected chi connectivity index (χ0v) is 29.7. The Hall–Kier alpha value is -1.47. The van der Waals surface area contributed by atoms with Crippen LogP contribution in [0.5, 0.6) is 0 Å². The van der Waals surface area contributed by atoms with Crippen LogP contribution in [0, 0.1) is 0 Å². The van der Waals surface area contributed by atoms with Crippen LogP contribution >= 0.6 is 7.82 Å². The number of carbonyl (C=O) groups is 2. The highest BCUT2D eigenvalue weighted by molar-refractivity contribution is 7.46. The van der Waals surface area contributed by atoms with Crippen molar-refractivity contribution in [1.29, 1.82) is 0 Å². The number of phosphoric acid groups is 1. The summed E-state index contributed by atoms with van der Waals surface area (Å²) in [5.41, 5.74) is 0. The van der Waals surface area contributed by atoms with Gasteiger partial charge in [-0.15, -0.1) is 0 Å². The fraction of sp³-hybridized carbons (Fsp3) is 0.833. The molecule has 9 heteroatoms. The third-order valence-corrected chi connectivity index (χ3v) is 8.18. The van der Waals surface area contributed by atoms with Gasteiger partial charge in [0.05, 0.1) is 6.61 Å². The maximum absolute atomic E-state index is 12.3. The molecule has 0 aliphatic heterocycles. The third-order valence-electron chi connectivity index (χ3n) is 7.69. The summed E-state index contributed by atoms with van der Waals surface area (Å²) in [6, 6.07) is 0. The molecule has 0 aromatic carbocycles. The van der Waals surface area contributed by atoms with Gasteiger partial charge in [-0.05, 0) is 57.8 Å². The van der Waals surface area contributed by atoms with E-state index in [4.69, 9.17) is 19.3 Å². The average molecular weight is 659 g/mol. The molecule has 0 heterocycles. The molecule has 0 saturated heterocycles. The number of hydrogen-bond acceptors (Lipinski definition) is 6. The third kappa shape index (κ3) is 35.2. The SMILES string of the molecule is CCCC/C=C\CCCCCCCC(=O)OC[C@H](COP(=O)(O)O)OC(=O)CCCCCCC/C=C\CCCCCCCCC. The van der Waals surface area contributed by atoms with E-state index in [9.17, 15) is 14.2 Å². The first-order valence-electron chi connectivity index (χ1n) is 18.1. The molecule has 8 nitrogen and oxygen atoms in total. The number of ether oxygens (including phenoxy) is 2. The molecule has 0 aromatic rings. The Balaban J connectivity index is 3.99. The lowest BCUT2D eigenvalue weighted by Gasteiger charge is -2.18. The molecule has 0 aromatic heterocycles. The summed E-state index contributed by atoms with van der Waals surface area (Å²) in [6.07, 6.45) is 34.7. The van der Waals surface area contributed by atoms with Gasteiger partial charge in [0.1, 0.15) is 6.61 Å². The molecule has 0 aliphatic carbocycles. The van der Waals surface area contributed by atoms with Gasteiger partial charge in [-0.1, -0.05) is 128 Å². The van der Waals surface area contributed by atoms with E-state index in [-0.39, 0.29) is 19.4 Å². The summed E-state index contributed by atoms with van der Waals surface area (Å²) >= 11 is 0. The van der Waals surface area contributed by atoms with E-state index in [0.29, 0.717) is 12.8 Å². The first-order chi connectivity index (χ1) is 21.8. The van der Waals surface area contributed by atoms with Crippen LogP contribution in [-0.4, -0.2) is 41.0 Å². The summed E-state index contributed by atoms with van der Waals surface area (Å²) in [5.74, 6) is -0.905. The molecule has 0 amide bonds. The van der Waals surface area contributed by atoms with Crippen LogP contribution in [-0.2, 0) is 28.2 Å². The number of hydrogen-bond donors (Lipinski definition) is 2. The normalized spacial score (nSPS) is 12.7. The Morgan fingerprint density at radius 2 is 0.956 bits per heavy atom. The zero-order chi connectivity index (χ0) is 33.3. The van der Waals surface area contributed by atoms with Gasteiger partial charge >= 0.3 is 19.8 Å². The van der Waals surface area contributed by atoms with Gasteiger partial charge in [-0.2, -0.15) is 0 Å². The Morgan fingerprint density at radius 3 is 1.42 bits per heavy atom. The van der Waals surface area contributed by atoms with E-state index in [2.05, 4.69) is 42.7 Å². The van der Waals surface area contributed by atoms with Gasteiger partial charge < -0.3 is 19.3 Å². The molecule has 0 unspecified atom stereocenters. The number of esters is 2. The highest BCUT2D eigenvalue weighted by atomic mass is 31.2. The smallest absolute Gasteiger partial charge is 0.462 e. The van der Waals surface area contributed by atoms with Crippen molar-refractivity contribution in [3.05, 3.63) is 24.3 Å². The van der Waals surface area contributed by atoms with Crippen LogP contribution in [0.4, 0.5) is 0 Å². The van der Waals surface area contributed by atoms with E-state index in [0.717, 1.165) is 70.6 Å². The molecule has 0 aliphatic rings. The van der Waals surface area contributed by atoms with Crippen molar-refractivity contribution in [3.63, 3.8) is 0 Å². The predicted octanol–water partition coefficient (Wildman–Crippen LogP) is 10.5. The van der Waals surface area contributed by atoms with Crippen molar-refractivity contribution in [2.24, 2.45) is 0 Å². The molecule has 264 valence electrons. The monoisotopic (exact) mass is 658 g/mol. The van der Waals surface area contributed by atoms with Gasteiger partial charge in [-0.25, -0.2) is 4.57 Å². The van der Waals surface area contributed by atoms with Gasteiger partial charge in [0, 0.05) is 12.8 Å². The number of allylic oxidation sites excluding steroid dienone is 4. The standard InChI is InChI=1S/C36H67O8P/c1-3-5-7-9-11-13-15-16-17-18-19-21-23-25-27-29-31-36(38)44-34(33-43-45(39,40)41)32-42-35(37)30-28-26-24-22-20-14-12-10-8-6-4-2/h10,12,17-18,34H,3-9,11,13-16,19-33H2,1-2H3,(H2,39,40,41)/b12-10-,18-17-/t34-/m1/s1. The fourth-order valence-corrected chi connectivity index (χ4v) is 5.30. The van der Waals surface area contributed by atoms with Crippen LogP contribution in [0.1, 0.15) is 174 Å². The Bertz CT molecular complexity index is 792. The summed E-state index contributed by atoms with van der Waals surface area (Å²) in [6.45, 7) is 3.61.